The molecule has 1 aliphatic heterocycles. The molecule has 2 unspecified atom stereocenters. The van der Waals surface area contributed by atoms with E-state index >= 15 is 0 Å². The molecule has 0 amide bonds. The summed E-state index contributed by atoms with van der Waals surface area (Å²) in [7, 11) is -3.10. The largest absolute Gasteiger partial charge is 0.494 e. The zero-order valence-corrected chi connectivity index (χ0v) is 12.4. The molecule has 2 atom stereocenters. The van der Waals surface area contributed by atoms with Gasteiger partial charge in [-0.15, -0.1) is 0 Å². The Morgan fingerprint density at radius 1 is 1.35 bits per heavy atom. The summed E-state index contributed by atoms with van der Waals surface area (Å²) < 4.78 is 35.1. The first kappa shape index (κ1) is 15.1. The third-order valence-electron chi connectivity index (χ3n) is 3.49. The predicted octanol–water partition coefficient (Wildman–Crippen LogP) is 1.63. The van der Waals surface area contributed by atoms with Crippen molar-refractivity contribution in [2.24, 2.45) is 0 Å². The number of anilines is 1. The number of ether oxygens (including phenoxy) is 2. The van der Waals surface area contributed by atoms with Crippen LogP contribution in [0.1, 0.15) is 19.8 Å². The highest BCUT2D eigenvalue weighted by atomic mass is 32.2. The monoisotopic (exact) mass is 299 g/mol. The Hall–Kier alpha value is -1.27. The van der Waals surface area contributed by atoms with Crippen LogP contribution in [0, 0.1) is 0 Å². The second-order valence-corrected chi connectivity index (χ2v) is 7.38. The number of nitrogens with two attached hydrogens (primary N) is 1. The van der Waals surface area contributed by atoms with Crippen LogP contribution in [-0.4, -0.2) is 38.7 Å². The standard InChI is InChI=1S/C14H21NO4S/c1-11-14(7-9-18-11)20(16,17)10-2-8-19-13-5-3-12(15)4-6-13/h3-6,11,14H,2,7-10,15H2,1H3. The first-order chi connectivity index (χ1) is 9.49. The molecule has 2 N–H and O–H groups in total. The lowest BCUT2D eigenvalue weighted by Crippen LogP contribution is -2.30. The molecule has 1 aromatic rings. The smallest absolute Gasteiger partial charge is 0.155 e. The van der Waals surface area contributed by atoms with E-state index in [9.17, 15) is 8.42 Å². The summed E-state index contributed by atoms with van der Waals surface area (Å²) in [6.45, 7) is 2.73. The number of hydrogen-bond donors (Lipinski definition) is 1. The van der Waals surface area contributed by atoms with Crippen molar-refractivity contribution in [2.75, 3.05) is 24.7 Å². The Morgan fingerprint density at radius 2 is 2.05 bits per heavy atom. The van der Waals surface area contributed by atoms with Gasteiger partial charge in [-0.25, -0.2) is 8.42 Å². The molecule has 1 aromatic carbocycles. The normalized spacial score (nSPS) is 22.9. The average Bonchev–Trinajstić information content (AvgIpc) is 2.84. The number of rotatable bonds is 6. The highest BCUT2D eigenvalue weighted by molar-refractivity contribution is 7.92. The van der Waals surface area contributed by atoms with E-state index in [0.29, 0.717) is 37.5 Å². The fourth-order valence-corrected chi connectivity index (χ4v) is 4.29. The van der Waals surface area contributed by atoms with Gasteiger partial charge in [0.1, 0.15) is 5.75 Å². The number of hydrogen-bond acceptors (Lipinski definition) is 5. The van der Waals surface area contributed by atoms with E-state index in [1.807, 2.05) is 6.92 Å². The van der Waals surface area contributed by atoms with Gasteiger partial charge >= 0.3 is 0 Å². The summed E-state index contributed by atoms with van der Waals surface area (Å²) in [5.74, 6) is 0.842. The Morgan fingerprint density at radius 3 is 2.65 bits per heavy atom. The highest BCUT2D eigenvalue weighted by Gasteiger charge is 2.35. The maximum Gasteiger partial charge on any atom is 0.155 e. The molecule has 112 valence electrons. The van der Waals surface area contributed by atoms with Crippen molar-refractivity contribution in [3.8, 4) is 5.75 Å². The van der Waals surface area contributed by atoms with Crippen LogP contribution in [0.3, 0.4) is 0 Å². The van der Waals surface area contributed by atoms with E-state index in [1.54, 1.807) is 24.3 Å². The number of nitrogen functional groups attached to an aromatic ring is 1. The summed E-state index contributed by atoms with van der Waals surface area (Å²) in [6.07, 6.45) is 0.885. The zero-order valence-electron chi connectivity index (χ0n) is 11.6. The van der Waals surface area contributed by atoms with Crippen molar-refractivity contribution >= 4 is 15.5 Å². The fraction of sp³-hybridized carbons (Fsp3) is 0.571. The molecule has 0 aromatic heterocycles. The molecular formula is C14H21NO4S. The van der Waals surface area contributed by atoms with Crippen molar-refractivity contribution in [3.05, 3.63) is 24.3 Å². The number of sulfone groups is 1. The predicted molar refractivity (Wildman–Crippen MR) is 78.6 cm³/mol. The second-order valence-electron chi connectivity index (χ2n) is 5.04. The summed E-state index contributed by atoms with van der Waals surface area (Å²) in [5.41, 5.74) is 6.25. The molecule has 6 heteroatoms. The van der Waals surface area contributed by atoms with Crippen molar-refractivity contribution in [1.82, 2.24) is 0 Å². The molecule has 1 aliphatic rings. The number of benzene rings is 1. The molecule has 0 aliphatic carbocycles. The maximum absolute atomic E-state index is 12.1. The zero-order chi connectivity index (χ0) is 14.6. The Labute approximate surface area is 120 Å². The molecule has 2 rings (SSSR count). The SMILES string of the molecule is CC1OCCC1S(=O)(=O)CCCOc1ccc(N)cc1. The Kier molecular flexibility index (Phi) is 4.88. The topological polar surface area (TPSA) is 78.6 Å². The molecule has 0 radical (unpaired) electrons. The van der Waals surface area contributed by atoms with Gasteiger partial charge in [0.05, 0.1) is 23.7 Å². The van der Waals surface area contributed by atoms with E-state index < -0.39 is 9.84 Å². The molecule has 1 saturated heterocycles. The molecule has 1 heterocycles. The fourth-order valence-electron chi connectivity index (χ4n) is 2.35. The summed E-state index contributed by atoms with van der Waals surface area (Å²) in [6, 6.07) is 7.06. The van der Waals surface area contributed by atoms with Crippen molar-refractivity contribution < 1.29 is 17.9 Å². The van der Waals surface area contributed by atoms with Gasteiger partial charge in [0.2, 0.25) is 0 Å². The van der Waals surface area contributed by atoms with Crippen LogP contribution in [0.2, 0.25) is 0 Å². The van der Waals surface area contributed by atoms with Crippen LogP contribution in [0.15, 0.2) is 24.3 Å². The van der Waals surface area contributed by atoms with E-state index in [-0.39, 0.29) is 17.1 Å². The van der Waals surface area contributed by atoms with Crippen LogP contribution in [-0.2, 0) is 14.6 Å². The minimum Gasteiger partial charge on any atom is -0.494 e. The van der Waals surface area contributed by atoms with Gasteiger partial charge in [0, 0.05) is 12.3 Å². The van der Waals surface area contributed by atoms with E-state index in [1.165, 1.54) is 0 Å². The molecule has 5 nitrogen and oxygen atoms in total. The summed E-state index contributed by atoms with van der Waals surface area (Å²) in [4.78, 5) is 0. The lowest BCUT2D eigenvalue weighted by Gasteiger charge is -2.15. The van der Waals surface area contributed by atoms with Gasteiger partial charge in [-0.2, -0.15) is 0 Å². The molecular weight excluding hydrogens is 278 g/mol. The van der Waals surface area contributed by atoms with Crippen molar-refractivity contribution in [3.63, 3.8) is 0 Å². The van der Waals surface area contributed by atoms with Crippen LogP contribution >= 0.6 is 0 Å². The van der Waals surface area contributed by atoms with Crippen molar-refractivity contribution in [1.29, 1.82) is 0 Å². The maximum atomic E-state index is 12.1. The average molecular weight is 299 g/mol. The molecule has 20 heavy (non-hydrogen) atoms. The van der Waals surface area contributed by atoms with Gasteiger partial charge in [0.25, 0.3) is 0 Å². The molecule has 0 saturated carbocycles. The third-order valence-corrected chi connectivity index (χ3v) is 5.89. The minimum atomic E-state index is -3.10. The minimum absolute atomic E-state index is 0.139. The van der Waals surface area contributed by atoms with Gasteiger partial charge < -0.3 is 15.2 Å². The van der Waals surface area contributed by atoms with E-state index in [4.69, 9.17) is 15.2 Å². The highest BCUT2D eigenvalue weighted by Crippen LogP contribution is 2.22. The summed E-state index contributed by atoms with van der Waals surface area (Å²) in [5, 5.41) is -0.362. The molecule has 0 spiro atoms. The van der Waals surface area contributed by atoms with Gasteiger partial charge in [0.15, 0.2) is 9.84 Å². The van der Waals surface area contributed by atoms with Gasteiger partial charge in [-0.3, -0.25) is 0 Å². The second kappa shape index (κ2) is 6.45. The third kappa shape index (κ3) is 3.86. The van der Waals surface area contributed by atoms with E-state index in [2.05, 4.69) is 0 Å². The van der Waals surface area contributed by atoms with Crippen LogP contribution in [0.25, 0.3) is 0 Å². The van der Waals surface area contributed by atoms with Crippen molar-refractivity contribution in [2.45, 2.75) is 31.1 Å². The lowest BCUT2D eigenvalue weighted by atomic mass is 10.3. The summed E-state index contributed by atoms with van der Waals surface area (Å²) >= 11 is 0. The first-order valence-electron chi connectivity index (χ1n) is 6.80. The van der Waals surface area contributed by atoms with E-state index in [0.717, 1.165) is 0 Å². The quantitative estimate of drug-likeness (QED) is 0.638. The van der Waals surface area contributed by atoms with Crippen LogP contribution in [0.5, 0.6) is 5.75 Å². The van der Waals surface area contributed by atoms with Gasteiger partial charge in [-0.05, 0) is 44.0 Å². The lowest BCUT2D eigenvalue weighted by molar-refractivity contribution is 0.126. The van der Waals surface area contributed by atoms with Crippen LogP contribution in [0.4, 0.5) is 5.69 Å². The molecule has 0 bridgehead atoms. The van der Waals surface area contributed by atoms with Crippen LogP contribution < -0.4 is 10.5 Å². The van der Waals surface area contributed by atoms with Gasteiger partial charge in [-0.1, -0.05) is 0 Å². The Bertz CT molecular complexity index is 527. The molecule has 1 fully saturated rings. The first-order valence-corrected chi connectivity index (χ1v) is 8.52. The Balaban J connectivity index is 1.76.